The number of aryl methyl sites for hydroxylation is 1. The van der Waals surface area contributed by atoms with Crippen LogP contribution in [-0.4, -0.2) is 22.9 Å². The number of benzene rings is 1. The van der Waals surface area contributed by atoms with Gasteiger partial charge < -0.3 is 10.6 Å². The van der Waals surface area contributed by atoms with Crippen LogP contribution in [0.4, 0.5) is 5.69 Å². The molecule has 2 N–H and O–H groups in total. The molecule has 0 radical (unpaired) electrons. The summed E-state index contributed by atoms with van der Waals surface area (Å²) in [5.74, 6) is 0. The predicted molar refractivity (Wildman–Crippen MR) is 88.7 cm³/mol. The molecule has 1 unspecified atom stereocenters. The van der Waals surface area contributed by atoms with Gasteiger partial charge in [-0.15, -0.1) is 0 Å². The van der Waals surface area contributed by atoms with E-state index in [-0.39, 0.29) is 6.04 Å². The molecular weight excluding hydrogens is 284 g/mol. The smallest absolute Gasteiger partial charge is 0.0539 e. The van der Waals surface area contributed by atoms with Crippen LogP contribution in [0.2, 0.25) is 5.02 Å². The first kappa shape index (κ1) is 15.9. The molecular formula is C16H23ClN4. The number of aromatic nitrogens is 2. The normalized spacial score (nSPS) is 12.4. The van der Waals surface area contributed by atoms with Gasteiger partial charge in [-0.3, -0.25) is 4.68 Å². The Kier molecular flexibility index (Phi) is 5.26. The minimum Gasteiger partial charge on any atom is -0.370 e. The minimum atomic E-state index is 0.135. The SMILES string of the molecule is CCC(N)Cc1c(Cl)cccc1N(C)Cc1cnn(C)c1. The number of nitrogens with zero attached hydrogens (tertiary/aromatic N) is 3. The number of hydrogen-bond donors (Lipinski definition) is 1. The van der Waals surface area contributed by atoms with Gasteiger partial charge in [0.2, 0.25) is 0 Å². The molecule has 5 heteroatoms. The van der Waals surface area contributed by atoms with Crippen LogP contribution in [0.1, 0.15) is 24.5 Å². The molecule has 0 aliphatic carbocycles. The number of anilines is 1. The molecule has 21 heavy (non-hydrogen) atoms. The Morgan fingerprint density at radius 2 is 2.19 bits per heavy atom. The second kappa shape index (κ2) is 6.96. The molecule has 0 spiro atoms. The maximum atomic E-state index is 6.38. The molecule has 2 rings (SSSR count). The van der Waals surface area contributed by atoms with Crippen molar-refractivity contribution in [3.8, 4) is 0 Å². The van der Waals surface area contributed by atoms with E-state index in [1.807, 2.05) is 36.3 Å². The average Bonchev–Trinajstić information content (AvgIpc) is 2.86. The first-order valence-corrected chi connectivity index (χ1v) is 7.60. The highest BCUT2D eigenvalue weighted by molar-refractivity contribution is 6.31. The molecule has 1 heterocycles. The Morgan fingerprint density at radius 3 is 2.81 bits per heavy atom. The van der Waals surface area contributed by atoms with Gasteiger partial charge in [-0.1, -0.05) is 24.6 Å². The highest BCUT2D eigenvalue weighted by Gasteiger charge is 2.14. The highest BCUT2D eigenvalue weighted by atomic mass is 35.5. The van der Waals surface area contributed by atoms with Crippen LogP contribution in [0, 0.1) is 0 Å². The summed E-state index contributed by atoms with van der Waals surface area (Å²) in [5, 5.41) is 5.00. The van der Waals surface area contributed by atoms with Gasteiger partial charge in [-0.2, -0.15) is 5.10 Å². The number of nitrogens with two attached hydrogens (primary N) is 1. The lowest BCUT2D eigenvalue weighted by molar-refractivity contribution is 0.645. The van der Waals surface area contributed by atoms with Crippen molar-refractivity contribution < 1.29 is 0 Å². The van der Waals surface area contributed by atoms with Crippen molar-refractivity contribution in [3.05, 3.63) is 46.7 Å². The zero-order valence-electron chi connectivity index (χ0n) is 12.9. The van der Waals surface area contributed by atoms with Gasteiger partial charge in [0.25, 0.3) is 0 Å². The molecule has 0 amide bonds. The van der Waals surface area contributed by atoms with Gasteiger partial charge >= 0.3 is 0 Å². The van der Waals surface area contributed by atoms with E-state index in [0.29, 0.717) is 0 Å². The maximum Gasteiger partial charge on any atom is 0.0539 e. The van der Waals surface area contributed by atoms with Crippen LogP contribution in [0.25, 0.3) is 0 Å². The quantitative estimate of drug-likeness (QED) is 0.892. The molecule has 2 aromatic rings. The van der Waals surface area contributed by atoms with Crippen molar-refractivity contribution in [1.29, 1.82) is 0 Å². The number of rotatable bonds is 6. The van der Waals surface area contributed by atoms with Gasteiger partial charge in [-0.05, 0) is 30.5 Å². The summed E-state index contributed by atoms with van der Waals surface area (Å²) in [5.41, 5.74) is 9.54. The molecule has 4 nitrogen and oxygen atoms in total. The van der Waals surface area contributed by atoms with Crippen molar-refractivity contribution in [2.75, 3.05) is 11.9 Å². The minimum absolute atomic E-state index is 0.135. The summed E-state index contributed by atoms with van der Waals surface area (Å²) in [6, 6.07) is 6.15. The maximum absolute atomic E-state index is 6.38. The molecule has 0 aliphatic rings. The number of halogens is 1. The highest BCUT2D eigenvalue weighted by Crippen LogP contribution is 2.29. The van der Waals surface area contributed by atoms with Crippen LogP contribution in [-0.2, 0) is 20.0 Å². The fourth-order valence-corrected chi connectivity index (χ4v) is 2.67. The lowest BCUT2D eigenvalue weighted by Gasteiger charge is -2.24. The van der Waals surface area contributed by atoms with E-state index < -0.39 is 0 Å². The lowest BCUT2D eigenvalue weighted by atomic mass is 10.0. The van der Waals surface area contributed by atoms with Crippen molar-refractivity contribution >= 4 is 17.3 Å². The molecule has 0 saturated heterocycles. The van der Waals surface area contributed by atoms with Gasteiger partial charge in [0.1, 0.15) is 0 Å². The van der Waals surface area contributed by atoms with Crippen LogP contribution >= 0.6 is 11.6 Å². The molecule has 0 aliphatic heterocycles. The average molecular weight is 307 g/mol. The molecule has 1 aromatic heterocycles. The van der Waals surface area contributed by atoms with Crippen LogP contribution in [0.3, 0.4) is 0 Å². The monoisotopic (exact) mass is 306 g/mol. The van der Waals surface area contributed by atoms with E-state index in [0.717, 1.165) is 35.7 Å². The first-order valence-electron chi connectivity index (χ1n) is 7.23. The predicted octanol–water partition coefficient (Wildman–Crippen LogP) is 2.99. The Labute approximate surface area is 131 Å². The van der Waals surface area contributed by atoms with Crippen molar-refractivity contribution in [3.63, 3.8) is 0 Å². The topological polar surface area (TPSA) is 47.1 Å². The summed E-state index contributed by atoms with van der Waals surface area (Å²) in [6.07, 6.45) is 5.65. The van der Waals surface area contributed by atoms with Crippen LogP contribution in [0.15, 0.2) is 30.6 Å². The second-order valence-corrected chi connectivity index (χ2v) is 5.90. The summed E-state index contributed by atoms with van der Waals surface area (Å²) >= 11 is 6.38. The lowest BCUT2D eigenvalue weighted by Crippen LogP contribution is -2.24. The van der Waals surface area contributed by atoms with Crippen molar-refractivity contribution in [2.24, 2.45) is 12.8 Å². The summed E-state index contributed by atoms with van der Waals surface area (Å²) in [7, 11) is 3.99. The van der Waals surface area contributed by atoms with Gasteiger partial charge in [0, 0.05) is 49.2 Å². The summed E-state index contributed by atoms with van der Waals surface area (Å²) in [4.78, 5) is 2.20. The third-order valence-electron chi connectivity index (χ3n) is 3.67. The second-order valence-electron chi connectivity index (χ2n) is 5.49. The third kappa shape index (κ3) is 3.99. The van der Waals surface area contributed by atoms with Gasteiger partial charge in [0.15, 0.2) is 0 Å². The Bertz CT molecular complexity index is 594. The molecule has 0 fully saturated rings. The van der Waals surface area contributed by atoms with Crippen LogP contribution < -0.4 is 10.6 Å². The van der Waals surface area contributed by atoms with Crippen LogP contribution in [0.5, 0.6) is 0 Å². The largest absolute Gasteiger partial charge is 0.370 e. The Hall–Kier alpha value is -1.52. The zero-order valence-corrected chi connectivity index (χ0v) is 13.6. The summed E-state index contributed by atoms with van der Waals surface area (Å²) < 4.78 is 1.81. The molecule has 114 valence electrons. The van der Waals surface area contributed by atoms with Crippen molar-refractivity contribution in [1.82, 2.24) is 9.78 Å². The van der Waals surface area contributed by atoms with E-state index >= 15 is 0 Å². The van der Waals surface area contributed by atoms with E-state index in [4.69, 9.17) is 17.3 Å². The Morgan fingerprint density at radius 1 is 1.43 bits per heavy atom. The molecule has 0 bridgehead atoms. The molecule has 1 atom stereocenters. The van der Waals surface area contributed by atoms with E-state index in [1.165, 1.54) is 5.56 Å². The fraction of sp³-hybridized carbons (Fsp3) is 0.438. The first-order chi connectivity index (χ1) is 10.0. The van der Waals surface area contributed by atoms with Gasteiger partial charge in [0.05, 0.1) is 6.20 Å². The van der Waals surface area contributed by atoms with E-state index in [1.54, 1.807) is 0 Å². The fourth-order valence-electron chi connectivity index (χ4n) is 2.43. The van der Waals surface area contributed by atoms with E-state index in [9.17, 15) is 0 Å². The molecule has 1 aromatic carbocycles. The zero-order chi connectivity index (χ0) is 15.4. The number of hydrogen-bond acceptors (Lipinski definition) is 3. The Balaban J connectivity index is 2.23. The standard InChI is InChI=1S/C16H23ClN4/c1-4-13(18)8-14-15(17)6-5-7-16(14)20(2)10-12-9-19-21(3)11-12/h5-7,9,11,13H,4,8,10,18H2,1-3H3. The summed E-state index contributed by atoms with van der Waals surface area (Å²) in [6.45, 7) is 2.89. The third-order valence-corrected chi connectivity index (χ3v) is 4.03. The molecule has 0 saturated carbocycles. The van der Waals surface area contributed by atoms with Gasteiger partial charge in [-0.25, -0.2) is 0 Å². The van der Waals surface area contributed by atoms with Crippen molar-refractivity contribution in [2.45, 2.75) is 32.4 Å². The van der Waals surface area contributed by atoms with E-state index in [2.05, 4.69) is 30.0 Å².